The first-order chi connectivity index (χ1) is 14.3. The Kier molecular flexibility index (Phi) is 5.79. The van der Waals surface area contributed by atoms with Crippen LogP contribution in [0.2, 0.25) is 0 Å². The largest absolute Gasteiger partial charge is 0.367 e. The van der Waals surface area contributed by atoms with Crippen LogP contribution in [0.1, 0.15) is 41.6 Å². The van der Waals surface area contributed by atoms with Crippen LogP contribution in [0.5, 0.6) is 0 Å². The maximum Gasteiger partial charge on any atom is 0.251 e. The molecule has 8 heteroatoms. The minimum Gasteiger partial charge on any atom is -0.367 e. The average Bonchev–Trinajstić information content (AvgIpc) is 3.53. The number of hydrogen-bond donors (Lipinski definition) is 2. The van der Waals surface area contributed by atoms with Crippen LogP contribution in [0.15, 0.2) is 47.4 Å². The zero-order valence-electron chi connectivity index (χ0n) is 16.9. The lowest BCUT2D eigenvalue weighted by Crippen LogP contribution is -2.48. The van der Waals surface area contributed by atoms with Crippen molar-refractivity contribution in [1.82, 2.24) is 10.0 Å². The van der Waals surface area contributed by atoms with E-state index in [0.717, 1.165) is 37.8 Å². The van der Waals surface area contributed by atoms with E-state index in [1.807, 2.05) is 17.9 Å². The number of piperidine rings is 1. The Morgan fingerprint density at radius 2 is 1.90 bits per heavy atom. The minimum absolute atomic E-state index is 0.00252. The third-order valence-corrected chi connectivity index (χ3v) is 7.02. The van der Waals surface area contributed by atoms with Crippen LogP contribution >= 0.6 is 0 Å². The molecule has 1 unspecified atom stereocenters. The van der Waals surface area contributed by atoms with Gasteiger partial charge in [0.15, 0.2) is 0 Å². The standard InChI is InChI=1S/C22H26FN3O3S/c1-15-7-10-20(23)21(12-15)26-11-3-5-18(14-26)24-22(27)16-4-2-6-19(13-16)30(28,29)25-17-8-9-17/h2,4,6-7,10,12-13,17-18,25H,3,5,8-9,11,14H2,1H3,(H,24,27). The number of rotatable bonds is 6. The number of nitrogens with one attached hydrogen (secondary N) is 2. The summed E-state index contributed by atoms with van der Waals surface area (Å²) in [5.74, 6) is -0.594. The number of amides is 1. The van der Waals surface area contributed by atoms with Crippen molar-refractivity contribution in [3.05, 3.63) is 59.4 Å². The van der Waals surface area contributed by atoms with Gasteiger partial charge in [0.25, 0.3) is 5.91 Å². The molecule has 30 heavy (non-hydrogen) atoms. The molecule has 1 aliphatic carbocycles. The summed E-state index contributed by atoms with van der Waals surface area (Å²) in [6.45, 7) is 3.16. The lowest BCUT2D eigenvalue weighted by Gasteiger charge is -2.35. The number of carbonyl (C=O) groups is 1. The van der Waals surface area contributed by atoms with E-state index in [1.54, 1.807) is 18.2 Å². The molecule has 0 spiro atoms. The van der Waals surface area contributed by atoms with Crippen LogP contribution in [0, 0.1) is 12.7 Å². The summed E-state index contributed by atoms with van der Waals surface area (Å²) in [5.41, 5.74) is 1.83. The zero-order chi connectivity index (χ0) is 21.3. The highest BCUT2D eigenvalue weighted by Gasteiger charge is 2.29. The second-order valence-electron chi connectivity index (χ2n) is 8.14. The first-order valence-electron chi connectivity index (χ1n) is 10.3. The van der Waals surface area contributed by atoms with Crippen LogP contribution in [-0.4, -0.2) is 39.5 Å². The van der Waals surface area contributed by atoms with E-state index in [9.17, 15) is 17.6 Å². The van der Waals surface area contributed by atoms with E-state index >= 15 is 0 Å². The molecule has 1 atom stereocenters. The van der Waals surface area contributed by atoms with Crippen LogP contribution in [0.4, 0.5) is 10.1 Å². The predicted octanol–water partition coefficient (Wildman–Crippen LogP) is 2.97. The Bertz CT molecular complexity index is 1050. The lowest BCUT2D eigenvalue weighted by atomic mass is 10.0. The molecule has 6 nitrogen and oxygen atoms in total. The maximum atomic E-state index is 14.3. The fourth-order valence-electron chi connectivity index (χ4n) is 3.74. The van der Waals surface area contributed by atoms with Crippen molar-refractivity contribution >= 4 is 21.6 Å². The maximum absolute atomic E-state index is 14.3. The average molecular weight is 432 g/mol. The number of benzene rings is 2. The minimum atomic E-state index is -3.62. The number of aryl methyl sites for hydroxylation is 1. The molecule has 1 aliphatic heterocycles. The van der Waals surface area contributed by atoms with E-state index < -0.39 is 10.0 Å². The van der Waals surface area contributed by atoms with Crippen LogP contribution in [0.3, 0.4) is 0 Å². The van der Waals surface area contributed by atoms with Crippen LogP contribution in [-0.2, 0) is 10.0 Å². The van der Waals surface area contributed by atoms with Gasteiger partial charge in [0.05, 0.1) is 10.6 Å². The van der Waals surface area contributed by atoms with E-state index in [-0.39, 0.29) is 28.7 Å². The van der Waals surface area contributed by atoms with Crippen molar-refractivity contribution in [3.63, 3.8) is 0 Å². The molecule has 4 rings (SSSR count). The normalized spacial score (nSPS) is 19.5. The predicted molar refractivity (Wildman–Crippen MR) is 114 cm³/mol. The first-order valence-corrected chi connectivity index (χ1v) is 11.7. The highest BCUT2D eigenvalue weighted by molar-refractivity contribution is 7.89. The number of anilines is 1. The van der Waals surface area contributed by atoms with Gasteiger partial charge in [0.1, 0.15) is 5.82 Å². The molecule has 1 heterocycles. The van der Waals surface area contributed by atoms with Gasteiger partial charge in [0, 0.05) is 30.7 Å². The molecule has 1 saturated carbocycles. The molecular formula is C22H26FN3O3S. The summed E-state index contributed by atoms with van der Waals surface area (Å²) in [7, 11) is -3.62. The molecule has 2 aliphatic rings. The van der Waals surface area contributed by atoms with Crippen molar-refractivity contribution in [2.45, 2.75) is 49.6 Å². The molecule has 2 aromatic rings. The Balaban J connectivity index is 1.44. The molecule has 2 aromatic carbocycles. The fraction of sp³-hybridized carbons (Fsp3) is 0.409. The van der Waals surface area contributed by atoms with Gasteiger partial charge in [0.2, 0.25) is 10.0 Å². The number of hydrogen-bond acceptors (Lipinski definition) is 4. The van der Waals surface area contributed by atoms with Crippen molar-refractivity contribution in [2.24, 2.45) is 0 Å². The van der Waals surface area contributed by atoms with Gasteiger partial charge in [-0.1, -0.05) is 12.1 Å². The Hall–Kier alpha value is -2.45. The Labute approximate surface area is 176 Å². The lowest BCUT2D eigenvalue weighted by molar-refractivity contribution is 0.0933. The van der Waals surface area contributed by atoms with Crippen molar-refractivity contribution < 1.29 is 17.6 Å². The summed E-state index contributed by atoms with van der Waals surface area (Å²) >= 11 is 0. The summed E-state index contributed by atoms with van der Waals surface area (Å²) in [4.78, 5) is 14.8. The van der Waals surface area contributed by atoms with Crippen molar-refractivity contribution in [2.75, 3.05) is 18.0 Å². The fourth-order valence-corrected chi connectivity index (χ4v) is 5.09. The van der Waals surface area contributed by atoms with Gasteiger partial charge in [-0.15, -0.1) is 0 Å². The second kappa shape index (κ2) is 8.35. The van der Waals surface area contributed by atoms with Gasteiger partial charge in [-0.3, -0.25) is 4.79 Å². The van der Waals surface area contributed by atoms with Crippen LogP contribution < -0.4 is 14.9 Å². The van der Waals surface area contributed by atoms with E-state index in [2.05, 4.69) is 10.0 Å². The van der Waals surface area contributed by atoms with Crippen molar-refractivity contribution in [3.8, 4) is 0 Å². The topological polar surface area (TPSA) is 78.5 Å². The smallest absolute Gasteiger partial charge is 0.251 e. The number of sulfonamides is 1. The van der Waals surface area contributed by atoms with E-state index in [1.165, 1.54) is 18.2 Å². The summed E-state index contributed by atoms with van der Waals surface area (Å²) in [6, 6.07) is 11.0. The second-order valence-corrected chi connectivity index (χ2v) is 9.85. The molecule has 1 saturated heterocycles. The molecule has 160 valence electrons. The molecule has 2 N–H and O–H groups in total. The van der Waals surface area contributed by atoms with Gasteiger partial charge in [-0.25, -0.2) is 17.5 Å². The third-order valence-electron chi connectivity index (χ3n) is 5.50. The molecular weight excluding hydrogens is 405 g/mol. The molecule has 1 amide bonds. The monoisotopic (exact) mass is 431 g/mol. The first kappa shape index (κ1) is 20.8. The van der Waals surface area contributed by atoms with Gasteiger partial charge < -0.3 is 10.2 Å². The highest BCUT2D eigenvalue weighted by Crippen LogP contribution is 2.25. The molecule has 0 bridgehead atoms. The highest BCUT2D eigenvalue weighted by atomic mass is 32.2. The third kappa shape index (κ3) is 4.82. The summed E-state index contributed by atoms with van der Waals surface area (Å²) in [6.07, 6.45) is 3.31. The summed E-state index contributed by atoms with van der Waals surface area (Å²) in [5, 5.41) is 2.98. The Morgan fingerprint density at radius 1 is 1.10 bits per heavy atom. The van der Waals surface area contributed by atoms with Gasteiger partial charge in [-0.2, -0.15) is 0 Å². The number of halogens is 1. The molecule has 0 radical (unpaired) electrons. The van der Waals surface area contributed by atoms with E-state index in [4.69, 9.17) is 0 Å². The SMILES string of the molecule is Cc1ccc(F)c(N2CCCC(NC(=O)c3cccc(S(=O)(=O)NC4CC4)c3)C2)c1. The number of carbonyl (C=O) groups excluding carboxylic acids is 1. The van der Waals surface area contributed by atoms with Crippen molar-refractivity contribution in [1.29, 1.82) is 0 Å². The molecule has 2 fully saturated rings. The zero-order valence-corrected chi connectivity index (χ0v) is 17.7. The van der Waals surface area contributed by atoms with E-state index in [0.29, 0.717) is 17.8 Å². The molecule has 0 aromatic heterocycles. The summed E-state index contributed by atoms with van der Waals surface area (Å²) < 4.78 is 41.7. The quantitative estimate of drug-likeness (QED) is 0.737. The Morgan fingerprint density at radius 3 is 2.67 bits per heavy atom. The van der Waals surface area contributed by atoms with Gasteiger partial charge >= 0.3 is 0 Å². The number of nitrogens with zero attached hydrogens (tertiary/aromatic N) is 1. The van der Waals surface area contributed by atoms with Crippen LogP contribution in [0.25, 0.3) is 0 Å². The van der Waals surface area contributed by atoms with Gasteiger partial charge in [-0.05, 0) is 68.5 Å².